The third kappa shape index (κ3) is 3.58. The summed E-state index contributed by atoms with van der Waals surface area (Å²) in [4.78, 5) is 0. The van der Waals surface area contributed by atoms with Gasteiger partial charge in [0.1, 0.15) is 0 Å². The quantitative estimate of drug-likeness (QED) is 0.854. The predicted octanol–water partition coefficient (Wildman–Crippen LogP) is 3.51. The molecule has 0 saturated carbocycles. The lowest BCUT2D eigenvalue weighted by Crippen LogP contribution is -2.34. The fourth-order valence-corrected chi connectivity index (χ4v) is 2.91. The van der Waals surface area contributed by atoms with E-state index < -0.39 is 6.10 Å². The first-order chi connectivity index (χ1) is 8.79. The first-order valence-corrected chi connectivity index (χ1v) is 7.30. The predicted molar refractivity (Wildman–Crippen MR) is 82.7 cm³/mol. The molecule has 0 aliphatic rings. The van der Waals surface area contributed by atoms with E-state index in [2.05, 4.69) is 40.7 Å². The normalized spacial score (nSPS) is 16.2. The van der Waals surface area contributed by atoms with Gasteiger partial charge in [0.2, 0.25) is 0 Å². The van der Waals surface area contributed by atoms with Crippen LogP contribution in [0.3, 0.4) is 0 Å². The third-order valence-corrected chi connectivity index (χ3v) is 4.48. The highest BCUT2D eigenvalue weighted by Crippen LogP contribution is 2.31. The Morgan fingerprint density at radius 2 is 1.58 bits per heavy atom. The van der Waals surface area contributed by atoms with Crippen molar-refractivity contribution in [3.05, 3.63) is 33.9 Å². The van der Waals surface area contributed by atoms with Crippen LogP contribution >= 0.6 is 0 Å². The van der Waals surface area contributed by atoms with Crippen LogP contribution in [0.25, 0.3) is 0 Å². The minimum Gasteiger partial charge on any atom is -0.391 e. The molecule has 1 aromatic rings. The molecule has 3 unspecified atom stereocenters. The summed E-state index contributed by atoms with van der Waals surface area (Å²) in [5, 5.41) is 10.1. The van der Waals surface area contributed by atoms with Gasteiger partial charge < -0.3 is 10.8 Å². The molecule has 2 heteroatoms. The van der Waals surface area contributed by atoms with E-state index >= 15 is 0 Å². The van der Waals surface area contributed by atoms with E-state index in [1.165, 1.54) is 27.8 Å². The van der Waals surface area contributed by atoms with E-state index in [9.17, 15) is 5.11 Å². The van der Waals surface area contributed by atoms with Gasteiger partial charge in [-0.15, -0.1) is 0 Å². The fraction of sp³-hybridized carbons (Fsp3) is 0.647. The summed E-state index contributed by atoms with van der Waals surface area (Å²) in [6, 6.07) is 2.13. The van der Waals surface area contributed by atoms with Gasteiger partial charge in [-0.25, -0.2) is 0 Å². The average Bonchev–Trinajstić information content (AvgIpc) is 2.35. The summed E-state index contributed by atoms with van der Waals surface area (Å²) in [6.07, 6.45) is 1.14. The molecule has 2 nitrogen and oxygen atoms in total. The van der Waals surface area contributed by atoms with Crippen molar-refractivity contribution < 1.29 is 5.11 Å². The summed E-state index contributed by atoms with van der Waals surface area (Å²) >= 11 is 0. The lowest BCUT2D eigenvalue weighted by atomic mass is 9.83. The minimum absolute atomic E-state index is 0.117. The van der Waals surface area contributed by atoms with Crippen LogP contribution in [0, 0.1) is 27.7 Å². The van der Waals surface area contributed by atoms with Crippen molar-refractivity contribution >= 4 is 0 Å². The Balaban J connectivity index is 3.03. The average molecular weight is 263 g/mol. The van der Waals surface area contributed by atoms with Crippen molar-refractivity contribution in [2.75, 3.05) is 0 Å². The van der Waals surface area contributed by atoms with E-state index in [1.807, 2.05) is 6.92 Å². The number of aliphatic hydroxyl groups excluding tert-OH is 1. The molecule has 0 saturated heterocycles. The van der Waals surface area contributed by atoms with Gasteiger partial charge in [0.05, 0.1) is 6.10 Å². The summed E-state index contributed by atoms with van der Waals surface area (Å²) in [5.41, 5.74) is 12.7. The third-order valence-electron chi connectivity index (χ3n) is 4.48. The molecule has 108 valence electrons. The molecule has 0 fully saturated rings. The number of aryl methyl sites for hydroxylation is 2. The Kier molecular flexibility index (Phi) is 5.57. The van der Waals surface area contributed by atoms with Crippen molar-refractivity contribution in [2.45, 2.75) is 72.4 Å². The van der Waals surface area contributed by atoms with Crippen LogP contribution in [0.2, 0.25) is 0 Å². The van der Waals surface area contributed by atoms with Gasteiger partial charge in [0, 0.05) is 6.04 Å². The zero-order valence-corrected chi connectivity index (χ0v) is 13.2. The molecular formula is C17H29NO. The van der Waals surface area contributed by atoms with Gasteiger partial charge in [-0.1, -0.05) is 19.9 Å². The molecule has 19 heavy (non-hydrogen) atoms. The molecule has 0 bridgehead atoms. The summed E-state index contributed by atoms with van der Waals surface area (Å²) in [6.45, 7) is 12.9. The molecule has 0 aromatic heterocycles. The molecule has 1 rings (SSSR count). The van der Waals surface area contributed by atoms with E-state index in [1.54, 1.807) is 0 Å². The standard InChI is InChI=1S/C17H29NO/c1-7-15(18)16(19)9-12(4)17-13(5)10(2)8-11(3)14(17)6/h8,12,15-16,19H,7,9,18H2,1-6H3. The second-order valence-corrected chi connectivity index (χ2v) is 5.95. The Hall–Kier alpha value is -0.860. The van der Waals surface area contributed by atoms with Crippen LogP contribution in [0.5, 0.6) is 0 Å². The monoisotopic (exact) mass is 263 g/mol. The zero-order valence-electron chi connectivity index (χ0n) is 13.2. The first kappa shape index (κ1) is 16.2. The van der Waals surface area contributed by atoms with Crippen LogP contribution in [-0.4, -0.2) is 17.3 Å². The van der Waals surface area contributed by atoms with E-state index in [4.69, 9.17) is 5.73 Å². The van der Waals surface area contributed by atoms with Crippen molar-refractivity contribution in [1.29, 1.82) is 0 Å². The zero-order chi connectivity index (χ0) is 14.7. The Bertz CT molecular complexity index is 413. The highest BCUT2D eigenvalue weighted by Gasteiger charge is 2.21. The first-order valence-electron chi connectivity index (χ1n) is 7.30. The number of aliphatic hydroxyl groups is 1. The molecule has 1 aromatic carbocycles. The van der Waals surface area contributed by atoms with Crippen LogP contribution in [0.4, 0.5) is 0 Å². The molecule has 3 atom stereocenters. The van der Waals surface area contributed by atoms with Crippen molar-refractivity contribution in [2.24, 2.45) is 5.73 Å². The van der Waals surface area contributed by atoms with Crippen molar-refractivity contribution in [1.82, 2.24) is 0 Å². The largest absolute Gasteiger partial charge is 0.391 e. The second kappa shape index (κ2) is 6.53. The minimum atomic E-state index is -0.417. The lowest BCUT2D eigenvalue weighted by Gasteiger charge is -2.25. The Labute approximate surface area is 118 Å². The molecule has 0 amide bonds. The maximum atomic E-state index is 10.1. The summed E-state index contributed by atoms with van der Waals surface area (Å²) in [7, 11) is 0. The van der Waals surface area contributed by atoms with Gasteiger partial charge in [-0.05, 0) is 74.3 Å². The van der Waals surface area contributed by atoms with Gasteiger partial charge in [-0.3, -0.25) is 0 Å². The van der Waals surface area contributed by atoms with Crippen LogP contribution in [0.15, 0.2) is 6.07 Å². The van der Waals surface area contributed by atoms with Gasteiger partial charge >= 0.3 is 0 Å². The van der Waals surface area contributed by atoms with Crippen molar-refractivity contribution in [3.8, 4) is 0 Å². The van der Waals surface area contributed by atoms with Gasteiger partial charge in [-0.2, -0.15) is 0 Å². The maximum Gasteiger partial charge on any atom is 0.0696 e. The number of benzene rings is 1. The maximum absolute atomic E-state index is 10.1. The number of hydrogen-bond acceptors (Lipinski definition) is 2. The Morgan fingerprint density at radius 1 is 1.11 bits per heavy atom. The molecular weight excluding hydrogens is 234 g/mol. The summed E-state index contributed by atoms with van der Waals surface area (Å²) < 4.78 is 0. The topological polar surface area (TPSA) is 46.2 Å². The van der Waals surface area contributed by atoms with E-state index in [0.29, 0.717) is 5.92 Å². The van der Waals surface area contributed by atoms with E-state index in [-0.39, 0.29) is 6.04 Å². The molecule has 0 heterocycles. The van der Waals surface area contributed by atoms with Crippen LogP contribution in [-0.2, 0) is 0 Å². The number of hydrogen-bond donors (Lipinski definition) is 2. The van der Waals surface area contributed by atoms with Gasteiger partial charge in [0.15, 0.2) is 0 Å². The highest BCUT2D eigenvalue weighted by atomic mass is 16.3. The summed E-state index contributed by atoms with van der Waals surface area (Å²) in [5.74, 6) is 0.339. The van der Waals surface area contributed by atoms with Gasteiger partial charge in [0.25, 0.3) is 0 Å². The molecule has 3 N–H and O–H groups in total. The second-order valence-electron chi connectivity index (χ2n) is 5.95. The SMILES string of the molecule is CCC(N)C(O)CC(C)c1c(C)c(C)cc(C)c1C. The van der Waals surface area contributed by atoms with Crippen molar-refractivity contribution in [3.63, 3.8) is 0 Å². The van der Waals surface area contributed by atoms with Crippen LogP contribution < -0.4 is 5.73 Å². The number of nitrogens with two attached hydrogens (primary N) is 1. The van der Waals surface area contributed by atoms with Crippen LogP contribution in [0.1, 0.15) is 60.4 Å². The number of rotatable bonds is 5. The molecule has 0 aliphatic carbocycles. The Morgan fingerprint density at radius 3 is 2.00 bits per heavy atom. The molecule has 0 radical (unpaired) electrons. The highest BCUT2D eigenvalue weighted by molar-refractivity contribution is 5.45. The van der Waals surface area contributed by atoms with E-state index in [0.717, 1.165) is 12.8 Å². The molecule has 0 spiro atoms. The smallest absolute Gasteiger partial charge is 0.0696 e. The fourth-order valence-electron chi connectivity index (χ4n) is 2.91. The lowest BCUT2D eigenvalue weighted by molar-refractivity contribution is 0.126. The molecule has 0 aliphatic heterocycles.